The topological polar surface area (TPSA) is 156 Å². The number of hydrogen-bond acceptors (Lipinski definition) is 6. The minimum atomic E-state index is -0.921. The maximum absolute atomic E-state index is 10.8. The first-order valence-electron chi connectivity index (χ1n) is 6.43. The molecule has 1 unspecified atom stereocenters. The van der Waals surface area contributed by atoms with Gasteiger partial charge in [-0.15, -0.1) is 0 Å². The molecular formula is C13H22N2O6. The highest BCUT2D eigenvalue weighted by atomic mass is 16.4. The van der Waals surface area contributed by atoms with Crippen molar-refractivity contribution in [3.05, 3.63) is 0 Å². The summed E-state index contributed by atoms with van der Waals surface area (Å²) in [4.78, 5) is 37.8. The summed E-state index contributed by atoms with van der Waals surface area (Å²) >= 11 is 0. The van der Waals surface area contributed by atoms with Crippen LogP contribution in [0.1, 0.15) is 51.9 Å². The summed E-state index contributed by atoms with van der Waals surface area (Å²) in [6.45, 7) is 2.10. The smallest absolute Gasteiger partial charge is 0.306 e. The first-order valence-corrected chi connectivity index (χ1v) is 6.43. The van der Waals surface area contributed by atoms with E-state index in [1.807, 2.05) is 0 Å². The number of rotatable bonds is 9. The van der Waals surface area contributed by atoms with Gasteiger partial charge in [0, 0.05) is 6.42 Å². The molecule has 120 valence electrons. The maximum Gasteiger partial charge on any atom is 0.306 e. The lowest BCUT2D eigenvalue weighted by atomic mass is 9.96. The van der Waals surface area contributed by atoms with Gasteiger partial charge in [0.05, 0.1) is 5.92 Å². The van der Waals surface area contributed by atoms with Crippen LogP contribution in [0.2, 0.25) is 0 Å². The zero-order chi connectivity index (χ0) is 17.1. The Bertz CT molecular complexity index is 333. The first kappa shape index (κ1) is 23.8. The molecule has 0 aliphatic heterocycles. The molecule has 1 atom stereocenters. The van der Waals surface area contributed by atoms with Crippen LogP contribution < -0.4 is 0 Å². The molecule has 0 heterocycles. The predicted molar refractivity (Wildman–Crippen MR) is 73.6 cm³/mol. The zero-order valence-electron chi connectivity index (χ0n) is 12.1. The van der Waals surface area contributed by atoms with Gasteiger partial charge >= 0.3 is 11.9 Å². The van der Waals surface area contributed by atoms with Gasteiger partial charge in [0.2, 0.25) is 12.2 Å². The summed E-state index contributed by atoms with van der Waals surface area (Å²) in [6, 6.07) is 0. The summed E-state index contributed by atoms with van der Waals surface area (Å²) in [5, 5.41) is 28.1. The summed E-state index contributed by atoms with van der Waals surface area (Å²) in [6.07, 6.45) is 6.44. The molecule has 0 saturated carbocycles. The third kappa shape index (κ3) is 27.0. The molecule has 4 N–H and O–H groups in total. The van der Waals surface area contributed by atoms with Crippen molar-refractivity contribution < 1.29 is 29.4 Å². The standard InChI is InChI=1S/C11H20O4.2CHNO/c1-2-3-4-5-6-9(11(14)15)7-8-10(12)13;2*2-1-3/h9H,2-8H2,1H3,(H,12,13)(H,14,15);2*2H. The Morgan fingerprint density at radius 1 is 1.00 bits per heavy atom. The van der Waals surface area contributed by atoms with Crippen molar-refractivity contribution in [3.63, 3.8) is 0 Å². The van der Waals surface area contributed by atoms with Crippen LogP contribution in [0.4, 0.5) is 0 Å². The first-order chi connectivity index (χ1) is 9.90. The molecule has 0 aliphatic carbocycles. The van der Waals surface area contributed by atoms with E-state index in [1.54, 1.807) is 0 Å². The van der Waals surface area contributed by atoms with Crippen molar-refractivity contribution in [2.75, 3.05) is 0 Å². The lowest BCUT2D eigenvalue weighted by Crippen LogP contribution is -2.15. The summed E-state index contributed by atoms with van der Waals surface area (Å²) < 4.78 is 0. The normalized spacial score (nSPS) is 9.57. The average Bonchev–Trinajstić information content (AvgIpc) is 2.39. The highest BCUT2D eigenvalue weighted by Crippen LogP contribution is 2.16. The number of unbranched alkanes of at least 4 members (excludes halogenated alkanes) is 3. The lowest BCUT2D eigenvalue weighted by Gasteiger charge is -2.10. The third-order valence-corrected chi connectivity index (χ3v) is 2.46. The minimum absolute atomic E-state index is 0.0508. The van der Waals surface area contributed by atoms with Gasteiger partial charge in [0.1, 0.15) is 0 Å². The number of aliphatic carboxylic acids is 2. The molecule has 0 aromatic carbocycles. The van der Waals surface area contributed by atoms with E-state index < -0.39 is 17.9 Å². The van der Waals surface area contributed by atoms with Gasteiger partial charge < -0.3 is 10.2 Å². The van der Waals surface area contributed by atoms with E-state index in [-0.39, 0.29) is 12.8 Å². The maximum atomic E-state index is 10.8. The van der Waals surface area contributed by atoms with Crippen molar-refractivity contribution in [2.45, 2.75) is 51.9 Å². The van der Waals surface area contributed by atoms with Crippen molar-refractivity contribution in [3.8, 4) is 0 Å². The SMILES string of the molecule is CCCCCCC(CCC(=O)O)C(=O)O.N=C=O.N=C=O. The van der Waals surface area contributed by atoms with E-state index in [1.165, 1.54) is 0 Å². The number of carbonyl (C=O) groups is 2. The van der Waals surface area contributed by atoms with Gasteiger partial charge in [-0.25, -0.2) is 20.4 Å². The second-order valence-corrected chi connectivity index (χ2v) is 4.02. The van der Waals surface area contributed by atoms with Gasteiger partial charge in [-0.3, -0.25) is 9.59 Å². The van der Waals surface area contributed by atoms with Crippen LogP contribution in [0.5, 0.6) is 0 Å². The van der Waals surface area contributed by atoms with Gasteiger partial charge in [-0.1, -0.05) is 32.6 Å². The molecule has 8 heteroatoms. The number of nitrogens with one attached hydrogen (secondary N) is 2. The Kier molecular flexibility index (Phi) is 22.7. The van der Waals surface area contributed by atoms with Crippen LogP contribution in [0, 0.1) is 16.7 Å². The van der Waals surface area contributed by atoms with Crippen LogP contribution in [0.25, 0.3) is 0 Å². The highest BCUT2D eigenvalue weighted by molar-refractivity contribution is 5.72. The molecule has 8 nitrogen and oxygen atoms in total. The Labute approximate surface area is 123 Å². The van der Waals surface area contributed by atoms with Crippen LogP contribution in [0.15, 0.2) is 0 Å². The Morgan fingerprint density at radius 3 is 1.81 bits per heavy atom. The van der Waals surface area contributed by atoms with Gasteiger partial charge in [-0.05, 0) is 12.8 Å². The van der Waals surface area contributed by atoms with E-state index in [0.717, 1.165) is 37.8 Å². The highest BCUT2D eigenvalue weighted by Gasteiger charge is 2.17. The summed E-state index contributed by atoms with van der Waals surface area (Å²) in [5.74, 6) is -2.28. The monoisotopic (exact) mass is 302 g/mol. The Balaban J connectivity index is -0.000000460. The second kappa shape index (κ2) is 20.0. The van der Waals surface area contributed by atoms with Gasteiger partial charge in [-0.2, -0.15) is 0 Å². The molecule has 0 saturated heterocycles. The summed E-state index contributed by atoms with van der Waals surface area (Å²) in [5.41, 5.74) is 0. The second-order valence-electron chi connectivity index (χ2n) is 4.02. The lowest BCUT2D eigenvalue weighted by molar-refractivity contribution is -0.143. The number of carbonyl (C=O) groups excluding carboxylic acids is 2. The Morgan fingerprint density at radius 2 is 1.48 bits per heavy atom. The van der Waals surface area contributed by atoms with E-state index in [2.05, 4.69) is 6.92 Å². The van der Waals surface area contributed by atoms with E-state index in [4.69, 9.17) is 30.6 Å². The molecule has 21 heavy (non-hydrogen) atoms. The van der Waals surface area contributed by atoms with E-state index >= 15 is 0 Å². The molecule has 0 bridgehead atoms. The van der Waals surface area contributed by atoms with Crippen LogP contribution in [-0.4, -0.2) is 34.3 Å². The number of isocyanates is 2. The molecule has 0 rings (SSSR count). The molecular weight excluding hydrogens is 280 g/mol. The number of hydrogen-bond donors (Lipinski definition) is 4. The van der Waals surface area contributed by atoms with Crippen LogP contribution in [0.3, 0.4) is 0 Å². The minimum Gasteiger partial charge on any atom is -0.481 e. The predicted octanol–water partition coefficient (Wildman–Crippen LogP) is 2.32. The molecule has 0 amide bonds. The molecule has 0 aromatic rings. The molecule has 0 radical (unpaired) electrons. The molecule has 0 fully saturated rings. The largest absolute Gasteiger partial charge is 0.481 e. The van der Waals surface area contributed by atoms with E-state index in [0.29, 0.717) is 6.42 Å². The average molecular weight is 302 g/mol. The van der Waals surface area contributed by atoms with Crippen molar-refractivity contribution in [1.82, 2.24) is 0 Å². The zero-order valence-corrected chi connectivity index (χ0v) is 12.1. The fourth-order valence-corrected chi connectivity index (χ4v) is 1.51. The van der Waals surface area contributed by atoms with Crippen LogP contribution >= 0.6 is 0 Å². The third-order valence-electron chi connectivity index (χ3n) is 2.46. The van der Waals surface area contributed by atoms with Crippen molar-refractivity contribution in [2.24, 2.45) is 5.92 Å². The van der Waals surface area contributed by atoms with Crippen molar-refractivity contribution >= 4 is 24.1 Å². The Hall–Kier alpha value is -2.30. The van der Waals surface area contributed by atoms with Gasteiger partial charge in [0.15, 0.2) is 0 Å². The molecule has 0 spiro atoms. The molecule has 0 aromatic heterocycles. The van der Waals surface area contributed by atoms with Gasteiger partial charge in [0.25, 0.3) is 0 Å². The number of carboxylic acid groups (broad SMARTS) is 2. The van der Waals surface area contributed by atoms with Crippen LogP contribution in [-0.2, 0) is 19.2 Å². The molecule has 0 aliphatic rings. The van der Waals surface area contributed by atoms with Crippen molar-refractivity contribution in [1.29, 1.82) is 10.8 Å². The number of carboxylic acids is 2. The fraction of sp³-hybridized carbons (Fsp3) is 0.692. The van der Waals surface area contributed by atoms with E-state index in [9.17, 15) is 9.59 Å². The fourth-order valence-electron chi connectivity index (χ4n) is 1.51. The summed E-state index contributed by atoms with van der Waals surface area (Å²) in [7, 11) is 0. The quantitative estimate of drug-likeness (QED) is 0.291.